The maximum absolute atomic E-state index is 11.1. The number of hydrogen-bond acceptors (Lipinski definition) is 2. The molecule has 1 N–H and O–H groups in total. The van der Waals surface area contributed by atoms with E-state index < -0.39 is 5.60 Å². The van der Waals surface area contributed by atoms with E-state index in [0.717, 1.165) is 30.1 Å². The zero-order valence-electron chi connectivity index (χ0n) is 16.1. The number of pyridine rings is 1. The first-order chi connectivity index (χ1) is 11.9. The van der Waals surface area contributed by atoms with Crippen LogP contribution in [0.4, 0.5) is 0 Å². The fraction of sp³-hybridized carbons (Fsp3) is 0.783. The molecule has 7 atom stereocenters. The Hall–Kier alpha value is -0.890. The number of aromatic nitrogens is 1. The molecule has 0 aromatic carbocycles. The largest absolute Gasteiger partial charge is 0.390 e. The van der Waals surface area contributed by atoms with Gasteiger partial charge in [-0.15, -0.1) is 0 Å². The molecule has 2 nitrogen and oxygen atoms in total. The molecular formula is C23H33NO. The molecule has 0 spiro atoms. The van der Waals surface area contributed by atoms with Crippen molar-refractivity contribution in [2.75, 3.05) is 0 Å². The second-order valence-corrected chi connectivity index (χ2v) is 10.4. The Labute approximate surface area is 152 Å². The van der Waals surface area contributed by atoms with Gasteiger partial charge in [0.25, 0.3) is 0 Å². The predicted molar refractivity (Wildman–Crippen MR) is 100 cm³/mol. The zero-order valence-corrected chi connectivity index (χ0v) is 16.1. The van der Waals surface area contributed by atoms with Gasteiger partial charge in [0, 0.05) is 11.9 Å². The molecule has 0 aliphatic heterocycles. The average Bonchev–Trinajstić information content (AvgIpc) is 2.82. The van der Waals surface area contributed by atoms with E-state index in [0.29, 0.717) is 5.41 Å². The zero-order chi connectivity index (χ0) is 17.4. The molecule has 3 saturated carbocycles. The lowest BCUT2D eigenvalue weighted by Gasteiger charge is -2.61. The van der Waals surface area contributed by atoms with Crippen LogP contribution in [-0.4, -0.2) is 15.7 Å². The Morgan fingerprint density at radius 3 is 2.68 bits per heavy atom. The van der Waals surface area contributed by atoms with E-state index in [4.69, 9.17) is 4.98 Å². The van der Waals surface area contributed by atoms with Crippen LogP contribution in [0.15, 0.2) is 18.3 Å². The van der Waals surface area contributed by atoms with Gasteiger partial charge in [0.1, 0.15) is 0 Å². The van der Waals surface area contributed by atoms with Crippen LogP contribution in [0.2, 0.25) is 0 Å². The third-order valence-corrected chi connectivity index (χ3v) is 9.62. The number of hydrogen-bond donors (Lipinski definition) is 1. The maximum atomic E-state index is 11.1. The lowest BCUT2D eigenvalue weighted by Crippen LogP contribution is -2.56. The molecule has 2 heteroatoms. The minimum absolute atomic E-state index is 0.144. The molecule has 0 amide bonds. The summed E-state index contributed by atoms with van der Waals surface area (Å²) in [7, 11) is 0. The van der Waals surface area contributed by atoms with Crippen LogP contribution in [0.3, 0.4) is 0 Å². The van der Waals surface area contributed by atoms with Crippen LogP contribution in [0.5, 0.6) is 0 Å². The van der Waals surface area contributed by atoms with E-state index in [9.17, 15) is 5.11 Å². The van der Waals surface area contributed by atoms with Crippen molar-refractivity contribution < 1.29 is 5.11 Å². The van der Waals surface area contributed by atoms with Crippen molar-refractivity contribution in [1.82, 2.24) is 4.98 Å². The van der Waals surface area contributed by atoms with Crippen LogP contribution in [0.25, 0.3) is 0 Å². The normalized spacial score (nSPS) is 51.2. The molecule has 4 aliphatic rings. The van der Waals surface area contributed by atoms with Gasteiger partial charge in [0.2, 0.25) is 0 Å². The lowest BCUT2D eigenvalue weighted by molar-refractivity contribution is -0.139. The molecule has 3 fully saturated rings. The molecular weight excluding hydrogens is 306 g/mol. The van der Waals surface area contributed by atoms with Crippen molar-refractivity contribution in [1.29, 1.82) is 0 Å². The Morgan fingerprint density at radius 1 is 1.04 bits per heavy atom. The van der Waals surface area contributed by atoms with E-state index >= 15 is 0 Å². The summed E-state index contributed by atoms with van der Waals surface area (Å²) in [5.41, 5.74) is 3.01. The van der Waals surface area contributed by atoms with Crippen molar-refractivity contribution >= 4 is 0 Å². The summed E-state index contributed by atoms with van der Waals surface area (Å²) in [4.78, 5) is 4.70. The highest BCUT2D eigenvalue weighted by molar-refractivity contribution is 5.27. The standard InChI is InChI=1S/C23H33NO/c1-21-14-15-5-4-12-24-20(15)13-16(21)6-7-17-18(21)8-10-22(2)19(17)9-11-23(22,3)25/h4-5,12,16-19,25H,6-11,13-14H2,1-3H3/t16-,17?,18?,19?,21-,22-,23-/m0/s1. The van der Waals surface area contributed by atoms with Crippen molar-refractivity contribution in [3.8, 4) is 0 Å². The molecule has 0 bridgehead atoms. The Kier molecular flexibility index (Phi) is 3.32. The first-order valence-corrected chi connectivity index (χ1v) is 10.5. The number of aliphatic hydroxyl groups is 1. The van der Waals surface area contributed by atoms with Crippen molar-refractivity contribution in [2.24, 2.45) is 34.5 Å². The molecule has 5 rings (SSSR count). The first kappa shape index (κ1) is 16.3. The summed E-state index contributed by atoms with van der Waals surface area (Å²) >= 11 is 0. The highest BCUT2D eigenvalue weighted by atomic mass is 16.3. The molecule has 3 unspecified atom stereocenters. The number of rotatable bonds is 0. The topological polar surface area (TPSA) is 33.1 Å². The van der Waals surface area contributed by atoms with Crippen molar-refractivity contribution in [3.05, 3.63) is 29.6 Å². The average molecular weight is 340 g/mol. The van der Waals surface area contributed by atoms with Gasteiger partial charge in [-0.1, -0.05) is 19.9 Å². The first-order valence-electron chi connectivity index (χ1n) is 10.5. The summed E-state index contributed by atoms with van der Waals surface area (Å²) in [6.07, 6.45) is 11.9. The van der Waals surface area contributed by atoms with Crippen molar-refractivity contribution in [2.45, 2.75) is 77.7 Å². The van der Waals surface area contributed by atoms with Crippen molar-refractivity contribution in [3.63, 3.8) is 0 Å². The molecule has 1 aromatic rings. The van der Waals surface area contributed by atoms with E-state index in [1.54, 1.807) is 0 Å². The molecule has 0 saturated heterocycles. The fourth-order valence-electron chi connectivity index (χ4n) is 7.85. The monoisotopic (exact) mass is 339 g/mol. The van der Waals surface area contributed by atoms with Crippen LogP contribution < -0.4 is 0 Å². The summed E-state index contributed by atoms with van der Waals surface area (Å²) in [6, 6.07) is 4.44. The van der Waals surface area contributed by atoms with Gasteiger partial charge >= 0.3 is 0 Å². The highest BCUT2D eigenvalue weighted by Crippen LogP contribution is 2.67. The Bertz CT molecular complexity index is 697. The summed E-state index contributed by atoms with van der Waals surface area (Å²) in [6.45, 7) is 7.11. The molecule has 4 aliphatic carbocycles. The van der Waals surface area contributed by atoms with Gasteiger partial charge in [-0.25, -0.2) is 0 Å². The minimum atomic E-state index is -0.455. The Morgan fingerprint density at radius 2 is 1.84 bits per heavy atom. The summed E-state index contributed by atoms with van der Waals surface area (Å²) < 4.78 is 0. The van der Waals surface area contributed by atoms with Gasteiger partial charge in [-0.2, -0.15) is 0 Å². The fourth-order valence-corrected chi connectivity index (χ4v) is 7.85. The molecule has 1 aromatic heterocycles. The van der Waals surface area contributed by atoms with Gasteiger partial charge < -0.3 is 5.11 Å². The maximum Gasteiger partial charge on any atom is 0.0675 e. The van der Waals surface area contributed by atoms with Crippen LogP contribution in [0.1, 0.15) is 70.6 Å². The van der Waals surface area contributed by atoms with E-state index in [-0.39, 0.29) is 5.41 Å². The van der Waals surface area contributed by atoms with E-state index in [1.807, 2.05) is 6.20 Å². The SMILES string of the molecule is C[C@]1(O)CCC2C3CC[C@H]4Cc5ncccc5C[C@]4(C)C3CC[C@@]21C. The van der Waals surface area contributed by atoms with Gasteiger partial charge in [0.05, 0.1) is 5.60 Å². The molecule has 0 radical (unpaired) electrons. The van der Waals surface area contributed by atoms with Crippen LogP contribution >= 0.6 is 0 Å². The number of fused-ring (bicyclic) bond motifs is 6. The Balaban J connectivity index is 1.50. The molecule has 25 heavy (non-hydrogen) atoms. The predicted octanol–water partition coefficient (Wildman–Crippen LogP) is 4.79. The quantitative estimate of drug-likeness (QED) is 0.737. The minimum Gasteiger partial charge on any atom is -0.390 e. The summed E-state index contributed by atoms with van der Waals surface area (Å²) in [5.74, 6) is 3.20. The third kappa shape index (κ3) is 2.04. The lowest BCUT2D eigenvalue weighted by atomic mass is 9.44. The van der Waals surface area contributed by atoms with E-state index in [1.165, 1.54) is 56.2 Å². The second-order valence-electron chi connectivity index (χ2n) is 10.4. The van der Waals surface area contributed by atoms with Gasteiger partial charge in [-0.05, 0) is 104 Å². The molecule has 1 heterocycles. The molecule has 136 valence electrons. The van der Waals surface area contributed by atoms with E-state index in [2.05, 4.69) is 32.9 Å². The second kappa shape index (κ2) is 5.09. The summed E-state index contributed by atoms with van der Waals surface area (Å²) in [5, 5.41) is 11.1. The van der Waals surface area contributed by atoms with Gasteiger partial charge in [-0.3, -0.25) is 4.98 Å². The number of nitrogens with zero attached hydrogens (tertiary/aromatic N) is 1. The third-order valence-electron chi connectivity index (χ3n) is 9.62. The van der Waals surface area contributed by atoms with Crippen LogP contribution in [0, 0.1) is 34.5 Å². The highest BCUT2D eigenvalue weighted by Gasteiger charge is 2.63. The van der Waals surface area contributed by atoms with Gasteiger partial charge in [0.15, 0.2) is 0 Å². The smallest absolute Gasteiger partial charge is 0.0675 e. The van der Waals surface area contributed by atoms with Crippen LogP contribution in [-0.2, 0) is 12.8 Å².